The van der Waals surface area contributed by atoms with E-state index in [1.54, 1.807) is 0 Å². The van der Waals surface area contributed by atoms with Crippen LogP contribution in [0.25, 0.3) is 0 Å². The normalized spacial score (nSPS) is 24.4. The SMILES string of the molecule is CCCNC(CCN1CCC(C)(O)C1)c1cccc(C)c1. The topological polar surface area (TPSA) is 35.5 Å². The van der Waals surface area contributed by atoms with Crippen LogP contribution in [0, 0.1) is 6.92 Å². The van der Waals surface area contributed by atoms with Gasteiger partial charge in [0.2, 0.25) is 0 Å². The molecule has 2 unspecified atom stereocenters. The summed E-state index contributed by atoms with van der Waals surface area (Å²) in [5.41, 5.74) is 2.21. The third kappa shape index (κ3) is 5.10. The summed E-state index contributed by atoms with van der Waals surface area (Å²) in [6.45, 7) is 10.2. The van der Waals surface area contributed by atoms with Gasteiger partial charge in [0.1, 0.15) is 0 Å². The molecule has 2 N–H and O–H groups in total. The lowest BCUT2D eigenvalue weighted by Crippen LogP contribution is -2.32. The molecule has 1 heterocycles. The zero-order valence-corrected chi connectivity index (χ0v) is 13.7. The first-order chi connectivity index (χ1) is 10.00. The van der Waals surface area contributed by atoms with Crippen molar-refractivity contribution in [1.82, 2.24) is 10.2 Å². The number of hydrogen-bond acceptors (Lipinski definition) is 3. The molecule has 0 amide bonds. The molecule has 0 radical (unpaired) electrons. The summed E-state index contributed by atoms with van der Waals surface area (Å²) in [4.78, 5) is 2.39. The molecule has 1 aromatic rings. The maximum atomic E-state index is 10.1. The van der Waals surface area contributed by atoms with Crippen molar-refractivity contribution in [3.63, 3.8) is 0 Å². The molecular formula is C18H30N2O. The number of benzene rings is 1. The third-order valence-corrected chi connectivity index (χ3v) is 4.35. The average molecular weight is 290 g/mol. The van der Waals surface area contributed by atoms with Gasteiger partial charge in [-0.1, -0.05) is 36.8 Å². The van der Waals surface area contributed by atoms with Gasteiger partial charge < -0.3 is 15.3 Å². The fourth-order valence-electron chi connectivity index (χ4n) is 3.13. The Balaban J connectivity index is 1.94. The Morgan fingerprint density at radius 1 is 1.43 bits per heavy atom. The van der Waals surface area contributed by atoms with Crippen LogP contribution in [-0.2, 0) is 0 Å². The smallest absolute Gasteiger partial charge is 0.0758 e. The van der Waals surface area contributed by atoms with Gasteiger partial charge in [0.05, 0.1) is 5.60 Å². The lowest BCUT2D eigenvalue weighted by atomic mass is 10.0. The Kier molecular flexibility index (Phi) is 5.80. The summed E-state index contributed by atoms with van der Waals surface area (Å²) in [5.74, 6) is 0. The minimum atomic E-state index is -0.490. The molecule has 0 spiro atoms. The van der Waals surface area contributed by atoms with E-state index >= 15 is 0 Å². The number of β-amino-alcohol motifs (C(OH)–C–C–N with tert-alkyl or cyclic N) is 1. The minimum Gasteiger partial charge on any atom is -0.389 e. The maximum Gasteiger partial charge on any atom is 0.0758 e. The van der Waals surface area contributed by atoms with E-state index < -0.39 is 5.60 Å². The third-order valence-electron chi connectivity index (χ3n) is 4.35. The quantitative estimate of drug-likeness (QED) is 0.810. The first kappa shape index (κ1) is 16.5. The highest BCUT2D eigenvalue weighted by Gasteiger charge is 2.31. The van der Waals surface area contributed by atoms with Crippen LogP contribution in [0.4, 0.5) is 0 Å². The molecule has 0 aliphatic carbocycles. The predicted molar refractivity (Wildman–Crippen MR) is 88.5 cm³/mol. The highest BCUT2D eigenvalue weighted by Crippen LogP contribution is 2.23. The van der Waals surface area contributed by atoms with Gasteiger partial charge in [0.15, 0.2) is 0 Å². The van der Waals surface area contributed by atoms with Crippen molar-refractivity contribution in [1.29, 1.82) is 0 Å². The minimum absolute atomic E-state index is 0.412. The van der Waals surface area contributed by atoms with Crippen molar-refractivity contribution < 1.29 is 5.11 Å². The molecule has 1 aliphatic rings. The number of rotatable bonds is 7. The molecule has 2 atom stereocenters. The first-order valence-corrected chi connectivity index (χ1v) is 8.25. The standard InChI is InChI=1S/C18H30N2O/c1-4-10-19-17(16-7-5-6-15(2)13-16)8-11-20-12-9-18(3,21)14-20/h5-7,13,17,19,21H,4,8-12,14H2,1-3H3. The van der Waals surface area contributed by atoms with E-state index in [4.69, 9.17) is 0 Å². The zero-order chi connectivity index (χ0) is 15.3. The molecule has 3 heteroatoms. The molecule has 3 nitrogen and oxygen atoms in total. The highest BCUT2D eigenvalue weighted by molar-refractivity contribution is 5.25. The number of nitrogens with zero attached hydrogens (tertiary/aromatic N) is 1. The van der Waals surface area contributed by atoms with E-state index in [1.165, 1.54) is 11.1 Å². The Labute approximate surface area is 129 Å². The Morgan fingerprint density at radius 3 is 2.86 bits per heavy atom. The molecule has 0 aromatic heterocycles. The Hall–Kier alpha value is -0.900. The second-order valence-corrected chi connectivity index (χ2v) is 6.73. The number of nitrogens with one attached hydrogen (secondary N) is 1. The molecule has 1 fully saturated rings. The van der Waals surface area contributed by atoms with Gasteiger partial charge in [-0.3, -0.25) is 0 Å². The molecule has 1 saturated heterocycles. The van der Waals surface area contributed by atoms with Gasteiger partial charge >= 0.3 is 0 Å². The van der Waals surface area contributed by atoms with Gasteiger partial charge in [-0.15, -0.1) is 0 Å². The summed E-state index contributed by atoms with van der Waals surface area (Å²) >= 11 is 0. The summed E-state index contributed by atoms with van der Waals surface area (Å²) in [5, 5.41) is 13.7. The monoisotopic (exact) mass is 290 g/mol. The molecule has 0 bridgehead atoms. The second-order valence-electron chi connectivity index (χ2n) is 6.73. The average Bonchev–Trinajstić information content (AvgIpc) is 2.78. The number of aryl methyl sites for hydroxylation is 1. The van der Waals surface area contributed by atoms with E-state index in [9.17, 15) is 5.11 Å². The van der Waals surface area contributed by atoms with Crippen molar-refractivity contribution in [3.05, 3.63) is 35.4 Å². The maximum absolute atomic E-state index is 10.1. The molecule has 1 aromatic carbocycles. The largest absolute Gasteiger partial charge is 0.389 e. The molecule has 1 aliphatic heterocycles. The van der Waals surface area contributed by atoms with Crippen LogP contribution in [0.5, 0.6) is 0 Å². The summed E-state index contributed by atoms with van der Waals surface area (Å²) in [7, 11) is 0. The summed E-state index contributed by atoms with van der Waals surface area (Å²) in [6.07, 6.45) is 3.14. The van der Waals surface area contributed by atoms with Crippen LogP contribution in [0.15, 0.2) is 24.3 Å². The van der Waals surface area contributed by atoms with Gasteiger partial charge in [0.25, 0.3) is 0 Å². The fraction of sp³-hybridized carbons (Fsp3) is 0.667. The van der Waals surface area contributed by atoms with E-state index in [1.807, 2.05) is 6.92 Å². The van der Waals surface area contributed by atoms with Crippen molar-refractivity contribution in [2.24, 2.45) is 0 Å². The summed E-state index contributed by atoms with van der Waals surface area (Å²) < 4.78 is 0. The van der Waals surface area contributed by atoms with Crippen LogP contribution in [0.3, 0.4) is 0 Å². The van der Waals surface area contributed by atoms with Gasteiger partial charge in [-0.05, 0) is 45.2 Å². The molecule has 0 saturated carbocycles. The van der Waals surface area contributed by atoms with Crippen molar-refractivity contribution in [3.8, 4) is 0 Å². The van der Waals surface area contributed by atoms with Crippen LogP contribution < -0.4 is 5.32 Å². The van der Waals surface area contributed by atoms with Crippen molar-refractivity contribution in [2.75, 3.05) is 26.2 Å². The fourth-order valence-corrected chi connectivity index (χ4v) is 3.13. The predicted octanol–water partition coefficient (Wildman–Crippen LogP) is 2.88. The lowest BCUT2D eigenvalue weighted by Gasteiger charge is -2.24. The van der Waals surface area contributed by atoms with E-state index in [0.29, 0.717) is 6.04 Å². The van der Waals surface area contributed by atoms with E-state index in [-0.39, 0.29) is 0 Å². The van der Waals surface area contributed by atoms with Crippen LogP contribution in [0.2, 0.25) is 0 Å². The molecule has 2 rings (SSSR count). The molecule has 118 valence electrons. The van der Waals surface area contributed by atoms with Crippen LogP contribution >= 0.6 is 0 Å². The molecular weight excluding hydrogens is 260 g/mol. The second kappa shape index (κ2) is 7.39. The number of aliphatic hydroxyl groups is 1. The van der Waals surface area contributed by atoms with Gasteiger partial charge in [-0.2, -0.15) is 0 Å². The lowest BCUT2D eigenvalue weighted by molar-refractivity contribution is 0.0683. The van der Waals surface area contributed by atoms with E-state index in [0.717, 1.165) is 45.4 Å². The molecule has 21 heavy (non-hydrogen) atoms. The number of hydrogen-bond donors (Lipinski definition) is 2. The highest BCUT2D eigenvalue weighted by atomic mass is 16.3. The Morgan fingerprint density at radius 2 is 2.24 bits per heavy atom. The first-order valence-electron chi connectivity index (χ1n) is 8.25. The Bertz CT molecular complexity index is 445. The van der Waals surface area contributed by atoms with Crippen molar-refractivity contribution >= 4 is 0 Å². The van der Waals surface area contributed by atoms with Crippen LogP contribution in [0.1, 0.15) is 50.3 Å². The zero-order valence-electron chi connectivity index (χ0n) is 13.7. The van der Waals surface area contributed by atoms with Gasteiger partial charge in [-0.25, -0.2) is 0 Å². The van der Waals surface area contributed by atoms with Crippen molar-refractivity contribution in [2.45, 2.75) is 51.7 Å². The summed E-state index contributed by atoms with van der Waals surface area (Å²) in [6, 6.07) is 9.22. The van der Waals surface area contributed by atoms with E-state index in [2.05, 4.69) is 48.3 Å². The van der Waals surface area contributed by atoms with Crippen LogP contribution in [-0.4, -0.2) is 41.8 Å². The van der Waals surface area contributed by atoms with Gasteiger partial charge in [0, 0.05) is 25.7 Å². The number of likely N-dealkylation sites (tertiary alicyclic amines) is 1.